The predicted octanol–water partition coefficient (Wildman–Crippen LogP) is 5.18. The van der Waals surface area contributed by atoms with Gasteiger partial charge in [0.25, 0.3) is 0 Å². The van der Waals surface area contributed by atoms with Gasteiger partial charge < -0.3 is 0 Å². The molecule has 132 valence electrons. The molecule has 0 saturated carbocycles. The normalized spacial score (nSPS) is 20.4. The summed E-state index contributed by atoms with van der Waals surface area (Å²) >= 11 is 6.40. The molecule has 1 atom stereocenters. The van der Waals surface area contributed by atoms with Crippen molar-refractivity contribution in [1.29, 1.82) is 0 Å². The number of carbonyl (C=O) groups excluding carboxylic acids is 2. The topological polar surface area (TPSA) is 37.4 Å². The fourth-order valence-electron chi connectivity index (χ4n) is 4.08. The third-order valence-corrected chi connectivity index (χ3v) is 5.56. The number of halogens is 1. The summed E-state index contributed by atoms with van der Waals surface area (Å²) in [5, 5.41) is 0.611. The highest BCUT2D eigenvalue weighted by molar-refractivity contribution is 6.31. The fraction of sp³-hybridized carbons (Fsp3) is 0.273. The third kappa shape index (κ3) is 2.86. The van der Waals surface area contributed by atoms with Gasteiger partial charge in [-0.15, -0.1) is 0 Å². The van der Waals surface area contributed by atoms with Gasteiger partial charge in [0, 0.05) is 40.7 Å². The van der Waals surface area contributed by atoms with E-state index in [1.165, 1.54) is 0 Å². The van der Waals surface area contributed by atoms with Crippen LogP contribution in [0.5, 0.6) is 0 Å². The van der Waals surface area contributed by atoms with E-state index in [2.05, 4.69) is 0 Å². The van der Waals surface area contributed by atoms with Gasteiger partial charge >= 0.3 is 0 Å². The highest BCUT2D eigenvalue weighted by Gasteiger charge is 2.40. The van der Waals surface area contributed by atoms with Crippen LogP contribution in [0.2, 0.25) is 5.02 Å². The molecule has 2 aromatic rings. The van der Waals surface area contributed by atoms with Crippen molar-refractivity contribution in [3.8, 4) is 0 Å². The van der Waals surface area contributed by atoms with Crippen molar-refractivity contribution >= 4 is 29.0 Å². The quantitative estimate of drug-likeness (QED) is 0.735. The Kier molecular flexibility index (Phi) is 4.41. The molecule has 0 N–H and O–H groups in total. The lowest BCUT2D eigenvalue weighted by Crippen LogP contribution is -2.40. The number of aryl methyl sites for hydroxylation is 1. The van der Waals surface area contributed by atoms with Crippen molar-refractivity contribution in [3.05, 3.63) is 76.0 Å². The van der Waals surface area contributed by atoms with Crippen LogP contribution in [-0.4, -0.2) is 11.7 Å². The molecule has 1 amide bonds. The molecule has 2 aliphatic rings. The van der Waals surface area contributed by atoms with Crippen molar-refractivity contribution in [2.45, 2.75) is 38.5 Å². The summed E-state index contributed by atoms with van der Waals surface area (Å²) in [4.78, 5) is 27.7. The number of carbonyl (C=O) groups is 2. The summed E-state index contributed by atoms with van der Waals surface area (Å²) in [5.41, 5.74) is 4.43. The standard InChI is InChI=1S/C22H20ClNO2/c1-14-6-4-7-15(12-14)24-19-10-5-11-20(25)22(19)17(13-21(24)26)16-8-2-3-9-18(16)23/h2-4,6-9,12,17H,5,10-11,13H2,1H3. The molecule has 0 spiro atoms. The van der Waals surface area contributed by atoms with Crippen LogP contribution in [0.3, 0.4) is 0 Å². The molecule has 1 aliphatic heterocycles. The molecule has 0 saturated heterocycles. The van der Waals surface area contributed by atoms with Gasteiger partial charge in [-0.2, -0.15) is 0 Å². The number of hydrogen-bond donors (Lipinski definition) is 0. The third-order valence-electron chi connectivity index (χ3n) is 5.22. The van der Waals surface area contributed by atoms with E-state index in [0.717, 1.165) is 40.9 Å². The van der Waals surface area contributed by atoms with E-state index in [-0.39, 0.29) is 24.0 Å². The van der Waals surface area contributed by atoms with E-state index in [1.54, 1.807) is 4.90 Å². The number of benzene rings is 2. The maximum Gasteiger partial charge on any atom is 0.232 e. The van der Waals surface area contributed by atoms with Gasteiger partial charge in [-0.3, -0.25) is 14.5 Å². The zero-order valence-corrected chi connectivity index (χ0v) is 15.4. The molecule has 0 bridgehead atoms. The van der Waals surface area contributed by atoms with Gasteiger partial charge in [-0.1, -0.05) is 41.9 Å². The lowest BCUT2D eigenvalue weighted by Gasteiger charge is -2.38. The molecule has 1 unspecified atom stereocenters. The summed E-state index contributed by atoms with van der Waals surface area (Å²) in [7, 11) is 0. The molecular weight excluding hydrogens is 346 g/mol. The molecule has 0 fully saturated rings. The van der Waals surface area contributed by atoms with Crippen molar-refractivity contribution in [2.75, 3.05) is 4.90 Å². The molecule has 1 aliphatic carbocycles. The highest BCUT2D eigenvalue weighted by Crippen LogP contribution is 2.44. The van der Waals surface area contributed by atoms with Crippen LogP contribution in [0.1, 0.15) is 42.7 Å². The Morgan fingerprint density at radius 2 is 1.85 bits per heavy atom. The van der Waals surface area contributed by atoms with Crippen LogP contribution in [0.25, 0.3) is 0 Å². The minimum atomic E-state index is -0.250. The minimum absolute atomic E-state index is 0.0222. The molecule has 0 aromatic heterocycles. The maximum absolute atomic E-state index is 13.1. The molecule has 4 rings (SSSR count). The van der Waals surface area contributed by atoms with Crippen LogP contribution in [0.4, 0.5) is 5.69 Å². The van der Waals surface area contributed by atoms with E-state index in [1.807, 2.05) is 55.5 Å². The molecule has 1 heterocycles. The molecular formula is C22H20ClNO2. The van der Waals surface area contributed by atoms with Crippen LogP contribution < -0.4 is 4.90 Å². The lowest BCUT2D eigenvalue weighted by molar-refractivity contribution is -0.119. The highest BCUT2D eigenvalue weighted by atomic mass is 35.5. The van der Waals surface area contributed by atoms with Crippen molar-refractivity contribution < 1.29 is 9.59 Å². The first-order valence-corrected chi connectivity index (χ1v) is 9.34. The van der Waals surface area contributed by atoms with Gasteiger partial charge in [0.05, 0.1) is 0 Å². The van der Waals surface area contributed by atoms with E-state index in [4.69, 9.17) is 11.6 Å². The predicted molar refractivity (Wildman–Crippen MR) is 103 cm³/mol. The first kappa shape index (κ1) is 17.0. The summed E-state index contributed by atoms with van der Waals surface area (Å²) in [6, 6.07) is 15.4. The molecule has 26 heavy (non-hydrogen) atoms. The summed E-state index contributed by atoms with van der Waals surface area (Å²) in [6.45, 7) is 2.01. The van der Waals surface area contributed by atoms with E-state index < -0.39 is 0 Å². The monoisotopic (exact) mass is 365 g/mol. The number of amides is 1. The Morgan fingerprint density at radius 1 is 1.04 bits per heavy atom. The summed E-state index contributed by atoms with van der Waals surface area (Å²) < 4.78 is 0. The number of rotatable bonds is 2. The summed E-state index contributed by atoms with van der Waals surface area (Å²) in [5.74, 6) is -0.0876. The van der Waals surface area contributed by atoms with Crippen LogP contribution >= 0.6 is 11.6 Å². The minimum Gasteiger partial charge on any atom is -0.294 e. The second-order valence-electron chi connectivity index (χ2n) is 6.98. The van der Waals surface area contributed by atoms with Gasteiger partial charge in [0.2, 0.25) is 5.91 Å². The van der Waals surface area contributed by atoms with Gasteiger partial charge in [-0.25, -0.2) is 0 Å². The maximum atomic E-state index is 13.1. The Labute approximate surface area is 158 Å². The number of nitrogens with zero attached hydrogens (tertiary/aromatic N) is 1. The fourth-order valence-corrected chi connectivity index (χ4v) is 4.35. The SMILES string of the molecule is Cc1cccc(N2C(=O)CC(c3ccccc3Cl)C3=C2CCCC3=O)c1. The van der Waals surface area contributed by atoms with Crippen LogP contribution in [0.15, 0.2) is 59.8 Å². The smallest absolute Gasteiger partial charge is 0.232 e. The number of allylic oxidation sites excluding steroid dienone is 2. The Balaban J connectivity index is 1.89. The van der Waals surface area contributed by atoms with Crippen LogP contribution in [0, 0.1) is 6.92 Å². The average Bonchev–Trinajstić information content (AvgIpc) is 2.61. The van der Waals surface area contributed by atoms with Gasteiger partial charge in [0.15, 0.2) is 5.78 Å². The zero-order valence-electron chi connectivity index (χ0n) is 14.7. The first-order chi connectivity index (χ1) is 12.6. The molecule has 0 radical (unpaired) electrons. The second-order valence-corrected chi connectivity index (χ2v) is 7.39. The lowest BCUT2D eigenvalue weighted by atomic mass is 9.77. The van der Waals surface area contributed by atoms with E-state index in [0.29, 0.717) is 11.4 Å². The number of anilines is 1. The van der Waals surface area contributed by atoms with Crippen molar-refractivity contribution in [2.24, 2.45) is 0 Å². The number of ketones is 1. The van der Waals surface area contributed by atoms with E-state index >= 15 is 0 Å². The number of hydrogen-bond acceptors (Lipinski definition) is 2. The molecule has 2 aromatic carbocycles. The average molecular weight is 366 g/mol. The first-order valence-electron chi connectivity index (χ1n) is 8.96. The Morgan fingerprint density at radius 3 is 2.62 bits per heavy atom. The molecule has 4 heteroatoms. The number of Topliss-reactive ketones (excluding diaryl/α,β-unsaturated/α-hetero) is 1. The Hall–Kier alpha value is -2.39. The van der Waals surface area contributed by atoms with E-state index in [9.17, 15) is 9.59 Å². The van der Waals surface area contributed by atoms with Crippen LogP contribution in [-0.2, 0) is 9.59 Å². The zero-order chi connectivity index (χ0) is 18.3. The van der Waals surface area contributed by atoms with Crippen molar-refractivity contribution in [3.63, 3.8) is 0 Å². The van der Waals surface area contributed by atoms with Crippen molar-refractivity contribution in [1.82, 2.24) is 0 Å². The molecule has 3 nitrogen and oxygen atoms in total. The largest absolute Gasteiger partial charge is 0.294 e. The van der Waals surface area contributed by atoms with Gasteiger partial charge in [0.1, 0.15) is 0 Å². The summed E-state index contributed by atoms with van der Waals surface area (Å²) in [6.07, 6.45) is 2.32. The Bertz CT molecular complexity index is 931. The van der Waals surface area contributed by atoms with Gasteiger partial charge in [-0.05, 0) is 49.1 Å². The second kappa shape index (κ2) is 6.73.